The summed E-state index contributed by atoms with van der Waals surface area (Å²) >= 11 is 0. The van der Waals surface area contributed by atoms with E-state index in [-0.39, 0.29) is 12.0 Å². The Kier molecular flexibility index (Phi) is 5.39. The van der Waals surface area contributed by atoms with Crippen LogP contribution in [0.4, 0.5) is 0 Å². The van der Waals surface area contributed by atoms with Crippen LogP contribution in [0.1, 0.15) is 30.6 Å². The molecule has 0 aliphatic heterocycles. The van der Waals surface area contributed by atoms with Crippen molar-refractivity contribution in [1.82, 2.24) is 9.88 Å². The number of fused-ring (bicyclic) bond motifs is 1. The number of ether oxygens (including phenoxy) is 1. The van der Waals surface area contributed by atoms with Gasteiger partial charge in [-0.05, 0) is 62.1 Å². The Morgan fingerprint density at radius 2 is 1.84 bits per heavy atom. The Hall–Kier alpha value is -2.75. The zero-order chi connectivity index (χ0) is 17.6. The van der Waals surface area contributed by atoms with Crippen molar-refractivity contribution < 1.29 is 9.53 Å². The first-order valence-corrected chi connectivity index (χ1v) is 8.72. The summed E-state index contributed by atoms with van der Waals surface area (Å²) in [6.45, 7) is 5.49. The highest BCUT2D eigenvalue weighted by Crippen LogP contribution is 2.15. The van der Waals surface area contributed by atoms with Crippen LogP contribution in [-0.4, -0.2) is 23.1 Å². The fourth-order valence-electron chi connectivity index (χ4n) is 2.85. The lowest BCUT2D eigenvalue weighted by atomic mass is 10.2. The number of benzene rings is 2. The summed E-state index contributed by atoms with van der Waals surface area (Å²) in [6, 6.07) is 17.7. The first kappa shape index (κ1) is 17.1. The summed E-state index contributed by atoms with van der Waals surface area (Å²) in [6.07, 6.45) is 3.11. The maximum Gasteiger partial charge on any atom is 0.251 e. The molecule has 2 aromatic carbocycles. The number of aromatic nitrogens is 1. The minimum absolute atomic E-state index is 0.0477. The van der Waals surface area contributed by atoms with E-state index in [1.165, 1.54) is 10.9 Å². The number of hydrogen-bond donors (Lipinski definition) is 1. The summed E-state index contributed by atoms with van der Waals surface area (Å²) in [7, 11) is 0. The Bertz CT molecular complexity index is 834. The number of carbonyl (C=O) groups excluding carboxylic acids is 1. The van der Waals surface area contributed by atoms with Gasteiger partial charge in [-0.25, -0.2) is 0 Å². The van der Waals surface area contributed by atoms with Gasteiger partial charge in [0.25, 0.3) is 5.91 Å². The lowest BCUT2D eigenvalue weighted by Gasteiger charge is -2.10. The molecule has 0 aliphatic rings. The van der Waals surface area contributed by atoms with Gasteiger partial charge in [0, 0.05) is 30.4 Å². The lowest BCUT2D eigenvalue weighted by molar-refractivity contribution is 0.0952. The van der Waals surface area contributed by atoms with Crippen molar-refractivity contribution in [2.75, 3.05) is 6.54 Å². The van der Waals surface area contributed by atoms with E-state index in [2.05, 4.69) is 34.3 Å². The molecule has 4 nitrogen and oxygen atoms in total. The van der Waals surface area contributed by atoms with E-state index >= 15 is 0 Å². The molecule has 130 valence electrons. The standard InChI is InChI=1S/C21H24N2O2/c1-16(2)25-19-10-8-18(9-11-19)21(24)22-13-5-14-23-15-12-17-6-3-4-7-20(17)23/h3-4,6-12,15-16H,5,13-14H2,1-2H3,(H,22,24). The van der Waals surface area contributed by atoms with Gasteiger partial charge in [0.1, 0.15) is 5.75 Å². The molecular weight excluding hydrogens is 312 g/mol. The van der Waals surface area contributed by atoms with Gasteiger partial charge in [0.15, 0.2) is 0 Å². The number of hydrogen-bond acceptors (Lipinski definition) is 2. The van der Waals surface area contributed by atoms with E-state index in [1.54, 1.807) is 12.1 Å². The number of rotatable bonds is 7. The van der Waals surface area contributed by atoms with Gasteiger partial charge < -0.3 is 14.6 Å². The van der Waals surface area contributed by atoms with E-state index < -0.39 is 0 Å². The first-order valence-electron chi connectivity index (χ1n) is 8.72. The predicted molar refractivity (Wildman–Crippen MR) is 101 cm³/mol. The third-order valence-electron chi connectivity index (χ3n) is 4.03. The molecule has 0 atom stereocenters. The molecule has 25 heavy (non-hydrogen) atoms. The van der Waals surface area contributed by atoms with Gasteiger partial charge in [0.2, 0.25) is 0 Å². The molecule has 0 bridgehead atoms. The Balaban J connectivity index is 1.48. The van der Waals surface area contributed by atoms with Gasteiger partial charge in [-0.2, -0.15) is 0 Å². The van der Waals surface area contributed by atoms with Crippen LogP contribution in [0.5, 0.6) is 5.75 Å². The molecule has 1 heterocycles. The maximum atomic E-state index is 12.2. The summed E-state index contributed by atoms with van der Waals surface area (Å²) in [4.78, 5) is 12.2. The molecule has 0 saturated heterocycles. The van der Waals surface area contributed by atoms with Crippen LogP contribution < -0.4 is 10.1 Å². The fourth-order valence-corrected chi connectivity index (χ4v) is 2.85. The van der Waals surface area contributed by atoms with Crippen LogP contribution in [0.15, 0.2) is 60.8 Å². The van der Waals surface area contributed by atoms with Crippen LogP contribution in [0.25, 0.3) is 10.9 Å². The van der Waals surface area contributed by atoms with Crippen LogP contribution in [-0.2, 0) is 6.54 Å². The first-order chi connectivity index (χ1) is 12.1. The molecule has 0 aliphatic carbocycles. The molecule has 1 aromatic heterocycles. The highest BCUT2D eigenvalue weighted by atomic mass is 16.5. The minimum atomic E-state index is -0.0477. The van der Waals surface area contributed by atoms with E-state index in [1.807, 2.05) is 38.1 Å². The number of nitrogens with one attached hydrogen (secondary N) is 1. The molecule has 0 saturated carbocycles. The monoisotopic (exact) mass is 336 g/mol. The van der Waals surface area contributed by atoms with Gasteiger partial charge >= 0.3 is 0 Å². The van der Waals surface area contributed by atoms with Crippen LogP contribution in [0, 0.1) is 0 Å². The summed E-state index contributed by atoms with van der Waals surface area (Å²) in [5, 5.41) is 4.22. The topological polar surface area (TPSA) is 43.3 Å². The normalized spacial score (nSPS) is 11.0. The van der Waals surface area contributed by atoms with Crippen molar-refractivity contribution in [2.45, 2.75) is 32.9 Å². The largest absolute Gasteiger partial charge is 0.491 e. The zero-order valence-corrected chi connectivity index (χ0v) is 14.7. The zero-order valence-electron chi connectivity index (χ0n) is 14.7. The van der Waals surface area contributed by atoms with E-state index in [0.717, 1.165) is 18.7 Å². The summed E-state index contributed by atoms with van der Waals surface area (Å²) in [5.41, 5.74) is 1.89. The second-order valence-corrected chi connectivity index (χ2v) is 6.37. The minimum Gasteiger partial charge on any atom is -0.491 e. The molecule has 1 amide bonds. The number of nitrogens with zero attached hydrogens (tertiary/aromatic N) is 1. The van der Waals surface area contributed by atoms with Gasteiger partial charge in [-0.3, -0.25) is 4.79 Å². The smallest absolute Gasteiger partial charge is 0.251 e. The average Bonchev–Trinajstić information content (AvgIpc) is 3.02. The number of para-hydroxylation sites is 1. The summed E-state index contributed by atoms with van der Waals surface area (Å²) < 4.78 is 7.81. The van der Waals surface area contributed by atoms with Gasteiger partial charge in [-0.1, -0.05) is 18.2 Å². The SMILES string of the molecule is CC(C)Oc1ccc(C(=O)NCCCn2ccc3ccccc32)cc1. The molecule has 0 radical (unpaired) electrons. The van der Waals surface area contributed by atoms with Crippen LogP contribution in [0.3, 0.4) is 0 Å². The third kappa shape index (κ3) is 4.41. The fraction of sp³-hybridized carbons (Fsp3) is 0.286. The highest BCUT2D eigenvalue weighted by Gasteiger charge is 2.06. The van der Waals surface area contributed by atoms with Crippen molar-refractivity contribution >= 4 is 16.8 Å². The number of amides is 1. The van der Waals surface area contributed by atoms with E-state index in [0.29, 0.717) is 12.1 Å². The molecule has 0 spiro atoms. The van der Waals surface area contributed by atoms with Gasteiger partial charge in [0.05, 0.1) is 6.10 Å². The Morgan fingerprint density at radius 1 is 1.08 bits per heavy atom. The summed E-state index contributed by atoms with van der Waals surface area (Å²) in [5.74, 6) is 0.736. The van der Waals surface area contributed by atoms with Gasteiger partial charge in [-0.15, -0.1) is 0 Å². The van der Waals surface area contributed by atoms with Crippen molar-refractivity contribution in [3.63, 3.8) is 0 Å². The van der Waals surface area contributed by atoms with Crippen molar-refractivity contribution in [3.05, 3.63) is 66.4 Å². The predicted octanol–water partition coefficient (Wildman–Crippen LogP) is 4.25. The quantitative estimate of drug-likeness (QED) is 0.656. The second kappa shape index (κ2) is 7.88. The van der Waals surface area contributed by atoms with Crippen molar-refractivity contribution in [1.29, 1.82) is 0 Å². The maximum absolute atomic E-state index is 12.2. The molecule has 3 rings (SSSR count). The molecule has 0 unspecified atom stereocenters. The second-order valence-electron chi connectivity index (χ2n) is 6.37. The highest BCUT2D eigenvalue weighted by molar-refractivity contribution is 5.94. The van der Waals surface area contributed by atoms with Crippen LogP contribution in [0.2, 0.25) is 0 Å². The van der Waals surface area contributed by atoms with E-state index in [4.69, 9.17) is 4.74 Å². The molecular formula is C21H24N2O2. The molecule has 4 heteroatoms. The number of carbonyl (C=O) groups is 1. The van der Waals surface area contributed by atoms with Crippen molar-refractivity contribution in [2.24, 2.45) is 0 Å². The average molecular weight is 336 g/mol. The molecule has 3 aromatic rings. The third-order valence-corrected chi connectivity index (χ3v) is 4.03. The lowest BCUT2D eigenvalue weighted by Crippen LogP contribution is -2.25. The Labute approximate surface area is 148 Å². The molecule has 0 fully saturated rings. The van der Waals surface area contributed by atoms with Crippen molar-refractivity contribution in [3.8, 4) is 5.75 Å². The molecule has 1 N–H and O–H groups in total. The van der Waals surface area contributed by atoms with E-state index in [9.17, 15) is 4.79 Å². The van der Waals surface area contributed by atoms with Crippen LogP contribution >= 0.6 is 0 Å². The number of aryl methyl sites for hydroxylation is 1. The Morgan fingerprint density at radius 3 is 2.60 bits per heavy atom.